The lowest BCUT2D eigenvalue weighted by molar-refractivity contribution is 0.254. The number of carbonyl (C=O) groups is 2. The second kappa shape index (κ2) is 11.1. The van der Waals surface area contributed by atoms with Crippen molar-refractivity contribution in [2.45, 2.75) is 6.92 Å². The van der Waals surface area contributed by atoms with Crippen LogP contribution in [-0.4, -0.2) is 33.9 Å². The highest BCUT2D eigenvalue weighted by Crippen LogP contribution is 2.39. The summed E-state index contributed by atoms with van der Waals surface area (Å²) in [7, 11) is 1.48. The van der Waals surface area contributed by atoms with Gasteiger partial charge in [-0.1, -0.05) is 40.9 Å². The van der Waals surface area contributed by atoms with Gasteiger partial charge in [0.2, 0.25) is 0 Å². The molecule has 0 unspecified atom stereocenters. The van der Waals surface area contributed by atoms with Crippen molar-refractivity contribution >= 4 is 52.6 Å². The predicted molar refractivity (Wildman–Crippen MR) is 143 cm³/mol. The van der Waals surface area contributed by atoms with E-state index < -0.39 is 12.1 Å². The van der Waals surface area contributed by atoms with Crippen molar-refractivity contribution in [2.24, 2.45) is 0 Å². The Kier molecular flexibility index (Phi) is 7.66. The number of hydrogen-bond donors (Lipinski definition) is 5. The third-order valence-corrected chi connectivity index (χ3v) is 5.85. The lowest BCUT2D eigenvalue weighted by Gasteiger charge is -2.14. The number of halogens is 2. The second-order valence-corrected chi connectivity index (χ2v) is 8.43. The molecule has 0 saturated carbocycles. The van der Waals surface area contributed by atoms with Gasteiger partial charge >= 0.3 is 12.1 Å². The van der Waals surface area contributed by atoms with E-state index in [2.05, 4.69) is 31.3 Å². The Hall–Kier alpha value is -4.48. The first-order valence-electron chi connectivity index (χ1n) is 10.8. The summed E-state index contributed by atoms with van der Waals surface area (Å²) in [5.41, 5.74) is 1.54. The van der Waals surface area contributed by atoms with Gasteiger partial charge in [0.05, 0.1) is 16.4 Å². The average molecular weight is 542 g/mol. The number of nitrogens with one attached hydrogen (secondary N) is 5. The van der Waals surface area contributed by atoms with Crippen molar-refractivity contribution < 1.29 is 14.3 Å². The van der Waals surface area contributed by atoms with Crippen molar-refractivity contribution in [2.75, 3.05) is 23.0 Å². The van der Waals surface area contributed by atoms with Crippen molar-refractivity contribution in [3.63, 3.8) is 0 Å². The largest absolute Gasteiger partial charge is 0.456 e. The zero-order valence-corrected chi connectivity index (χ0v) is 21.1. The van der Waals surface area contributed by atoms with Gasteiger partial charge in [-0.15, -0.1) is 0 Å². The molecule has 0 fully saturated rings. The fraction of sp³-hybridized carbons (Fsp3) is 0.0833. The van der Waals surface area contributed by atoms with Crippen LogP contribution in [0.15, 0.2) is 65.6 Å². The summed E-state index contributed by atoms with van der Waals surface area (Å²) in [5, 5.41) is 12.9. The Labute approximate surface area is 220 Å². The molecule has 2 heterocycles. The monoisotopic (exact) mass is 541 g/mol. The standard InChI is InChI=1S/C24H21Cl2N7O4/c1-13-3-5-14(6-4-13)33-19(12-20(34)32-33)31-24(36)29-16-7-8-17(22(26)21(16)25)37-15-9-10-28-18(11-15)30-23(35)27-2/h3-12H,1-2H3,(H,32,34)(H2,29,31,36)(H2,27,28,30,35). The Morgan fingerprint density at radius 3 is 2.43 bits per heavy atom. The molecule has 37 heavy (non-hydrogen) atoms. The summed E-state index contributed by atoms with van der Waals surface area (Å²) in [6.07, 6.45) is 1.45. The van der Waals surface area contributed by atoms with E-state index in [0.29, 0.717) is 11.4 Å². The van der Waals surface area contributed by atoms with Crippen LogP contribution >= 0.6 is 23.2 Å². The van der Waals surface area contributed by atoms with Crippen LogP contribution in [0.25, 0.3) is 5.69 Å². The molecular formula is C24H21Cl2N7O4. The van der Waals surface area contributed by atoms with E-state index in [4.69, 9.17) is 27.9 Å². The molecule has 5 N–H and O–H groups in total. The van der Waals surface area contributed by atoms with Gasteiger partial charge in [-0.3, -0.25) is 20.5 Å². The number of aromatic amines is 1. The molecular weight excluding hydrogens is 521 g/mol. The molecule has 0 spiro atoms. The van der Waals surface area contributed by atoms with Crippen LogP contribution in [0.3, 0.4) is 0 Å². The van der Waals surface area contributed by atoms with Crippen LogP contribution in [-0.2, 0) is 0 Å². The molecule has 2 aromatic carbocycles. The molecule has 11 nitrogen and oxygen atoms in total. The smallest absolute Gasteiger partial charge is 0.324 e. The third-order valence-electron chi connectivity index (χ3n) is 4.99. The van der Waals surface area contributed by atoms with Crippen molar-refractivity contribution in [3.05, 3.63) is 86.8 Å². The first-order valence-corrected chi connectivity index (χ1v) is 11.6. The van der Waals surface area contributed by atoms with Gasteiger partial charge in [-0.05, 0) is 37.3 Å². The van der Waals surface area contributed by atoms with Gasteiger partial charge in [0.15, 0.2) is 0 Å². The number of aromatic nitrogens is 3. The maximum Gasteiger partial charge on any atom is 0.324 e. The highest BCUT2D eigenvalue weighted by molar-refractivity contribution is 6.45. The lowest BCUT2D eigenvalue weighted by Crippen LogP contribution is -2.24. The molecule has 2 aromatic heterocycles. The van der Waals surface area contributed by atoms with Crippen molar-refractivity contribution in [3.8, 4) is 17.2 Å². The predicted octanol–water partition coefficient (Wildman–Crippen LogP) is 5.36. The zero-order chi connectivity index (χ0) is 26.5. The molecule has 0 bridgehead atoms. The van der Waals surface area contributed by atoms with E-state index >= 15 is 0 Å². The van der Waals surface area contributed by atoms with Crippen LogP contribution in [0.5, 0.6) is 11.5 Å². The van der Waals surface area contributed by atoms with Gasteiger partial charge in [-0.25, -0.2) is 19.3 Å². The van der Waals surface area contributed by atoms with Crippen LogP contribution < -0.4 is 31.6 Å². The number of benzene rings is 2. The molecule has 0 aliphatic heterocycles. The minimum Gasteiger partial charge on any atom is -0.456 e. The number of amides is 4. The Morgan fingerprint density at radius 2 is 1.70 bits per heavy atom. The molecule has 0 aliphatic rings. The van der Waals surface area contributed by atoms with E-state index in [0.717, 1.165) is 5.56 Å². The number of carbonyl (C=O) groups excluding carboxylic acids is 2. The van der Waals surface area contributed by atoms with E-state index in [-0.39, 0.29) is 38.7 Å². The molecule has 0 radical (unpaired) electrons. The van der Waals surface area contributed by atoms with Gasteiger partial charge in [0.1, 0.15) is 28.2 Å². The minimum atomic E-state index is -0.648. The molecule has 0 atom stereocenters. The highest BCUT2D eigenvalue weighted by Gasteiger charge is 2.16. The highest BCUT2D eigenvalue weighted by atomic mass is 35.5. The Balaban J connectivity index is 1.48. The van der Waals surface area contributed by atoms with Gasteiger partial charge in [0, 0.05) is 25.4 Å². The molecule has 4 amide bonds. The van der Waals surface area contributed by atoms with Crippen molar-refractivity contribution in [1.29, 1.82) is 0 Å². The second-order valence-electron chi connectivity index (χ2n) is 7.68. The van der Waals surface area contributed by atoms with E-state index in [1.807, 2.05) is 31.2 Å². The maximum atomic E-state index is 12.7. The number of hydrogen-bond acceptors (Lipinski definition) is 5. The number of pyridine rings is 1. The average Bonchev–Trinajstić information content (AvgIpc) is 3.24. The summed E-state index contributed by atoms with van der Waals surface area (Å²) in [4.78, 5) is 40.2. The minimum absolute atomic E-state index is 0.0390. The molecule has 4 rings (SSSR count). The first kappa shape index (κ1) is 25.6. The topological polar surface area (TPSA) is 142 Å². The number of nitrogens with zero attached hydrogens (tertiary/aromatic N) is 2. The van der Waals surface area contributed by atoms with E-state index in [1.165, 1.54) is 42.2 Å². The SMILES string of the molecule is CNC(=O)Nc1cc(Oc2ccc(NC(=O)Nc3cc(=O)[nH]n3-c3ccc(C)cc3)c(Cl)c2Cl)ccn1. The Morgan fingerprint density at radius 1 is 0.946 bits per heavy atom. The van der Waals surface area contributed by atoms with Gasteiger partial charge in [0.25, 0.3) is 5.56 Å². The molecule has 190 valence electrons. The lowest BCUT2D eigenvalue weighted by atomic mass is 10.2. The Bertz CT molecular complexity index is 1520. The van der Waals surface area contributed by atoms with Crippen LogP contribution in [0.4, 0.5) is 26.9 Å². The summed E-state index contributed by atoms with van der Waals surface area (Å²) in [6, 6.07) is 13.7. The fourth-order valence-electron chi connectivity index (χ4n) is 3.21. The number of rotatable bonds is 6. The van der Waals surface area contributed by atoms with Gasteiger partial charge < -0.3 is 15.4 Å². The maximum absolute atomic E-state index is 12.7. The third kappa shape index (κ3) is 6.21. The molecule has 4 aromatic rings. The van der Waals surface area contributed by atoms with Gasteiger partial charge in [-0.2, -0.15) is 0 Å². The van der Waals surface area contributed by atoms with Crippen LogP contribution in [0, 0.1) is 6.92 Å². The van der Waals surface area contributed by atoms with Crippen LogP contribution in [0.2, 0.25) is 10.0 Å². The van der Waals surface area contributed by atoms with E-state index in [1.54, 1.807) is 6.07 Å². The van der Waals surface area contributed by atoms with Crippen molar-refractivity contribution in [1.82, 2.24) is 20.1 Å². The summed E-state index contributed by atoms with van der Waals surface area (Å²) < 4.78 is 7.23. The van der Waals surface area contributed by atoms with Crippen LogP contribution in [0.1, 0.15) is 5.56 Å². The fourth-order valence-corrected chi connectivity index (χ4v) is 3.61. The summed E-state index contributed by atoms with van der Waals surface area (Å²) in [5.74, 6) is 1.06. The number of aryl methyl sites for hydroxylation is 1. The number of urea groups is 2. The summed E-state index contributed by atoms with van der Waals surface area (Å²) >= 11 is 12.8. The normalized spacial score (nSPS) is 10.5. The number of H-pyrrole nitrogens is 1. The molecule has 0 aliphatic carbocycles. The van der Waals surface area contributed by atoms with E-state index in [9.17, 15) is 14.4 Å². The molecule has 13 heteroatoms. The summed E-state index contributed by atoms with van der Waals surface area (Å²) in [6.45, 7) is 1.94. The first-order chi connectivity index (χ1) is 17.7. The number of ether oxygens (including phenoxy) is 1. The molecule has 0 saturated heterocycles. The quantitative estimate of drug-likeness (QED) is 0.223. The zero-order valence-electron chi connectivity index (χ0n) is 19.6. The number of anilines is 3.